The van der Waals surface area contributed by atoms with Crippen molar-refractivity contribution in [2.45, 2.75) is 52.6 Å². The minimum absolute atomic E-state index is 0.0612. The van der Waals surface area contributed by atoms with Crippen LogP contribution in [0, 0.1) is 13.8 Å². The Bertz CT molecular complexity index is 1070. The number of nitrogens with zero attached hydrogens (tertiary/aromatic N) is 5. The summed E-state index contributed by atoms with van der Waals surface area (Å²) in [5, 5.41) is 5.40. The molecule has 0 unspecified atom stereocenters. The summed E-state index contributed by atoms with van der Waals surface area (Å²) >= 11 is 1.76. The molecule has 3 aromatic rings. The van der Waals surface area contributed by atoms with Crippen molar-refractivity contribution >= 4 is 28.3 Å². The van der Waals surface area contributed by atoms with Crippen LogP contribution in [-0.4, -0.2) is 63.7 Å². The molecule has 0 atom stereocenters. The van der Waals surface area contributed by atoms with Crippen LogP contribution in [0.15, 0.2) is 18.3 Å². The molecular weight excluding hydrogens is 394 g/mol. The lowest BCUT2D eigenvalue weighted by Gasteiger charge is -2.35. The van der Waals surface area contributed by atoms with Gasteiger partial charge in [-0.05, 0) is 72.8 Å². The summed E-state index contributed by atoms with van der Waals surface area (Å²) in [4.78, 5) is 25.3. The van der Waals surface area contributed by atoms with Gasteiger partial charge in [0.05, 0.1) is 22.8 Å². The zero-order chi connectivity index (χ0) is 21.6. The van der Waals surface area contributed by atoms with E-state index in [1.807, 2.05) is 22.7 Å². The first-order valence-electron chi connectivity index (χ1n) is 10.7. The lowest BCUT2D eigenvalue weighted by atomic mass is 10.0. The number of aryl methyl sites for hydroxylation is 2. The number of aromatic nitrogens is 3. The smallest absolute Gasteiger partial charge is 0.254 e. The van der Waals surface area contributed by atoms with Crippen LogP contribution in [0.3, 0.4) is 0 Å². The Morgan fingerprint density at radius 2 is 1.93 bits per heavy atom. The molecule has 1 aliphatic rings. The van der Waals surface area contributed by atoms with Crippen molar-refractivity contribution in [3.63, 3.8) is 0 Å². The molecule has 30 heavy (non-hydrogen) atoms. The molecule has 0 spiro atoms. The number of hydrogen-bond acceptors (Lipinski definition) is 5. The minimum atomic E-state index is 0.0612. The Morgan fingerprint density at radius 3 is 2.53 bits per heavy atom. The molecule has 0 N–H and O–H groups in total. The number of hydrogen-bond donors (Lipinski definition) is 0. The van der Waals surface area contributed by atoms with E-state index < -0.39 is 0 Å². The topological polar surface area (TPSA) is 54.3 Å². The van der Waals surface area contributed by atoms with E-state index in [0.29, 0.717) is 5.56 Å². The lowest BCUT2D eigenvalue weighted by molar-refractivity contribution is 0.0661. The van der Waals surface area contributed by atoms with Crippen molar-refractivity contribution in [2.75, 3.05) is 27.2 Å². The average Bonchev–Trinajstić information content (AvgIpc) is 3.29. The van der Waals surface area contributed by atoms with Crippen molar-refractivity contribution in [3.8, 4) is 11.3 Å². The zero-order valence-electron chi connectivity index (χ0n) is 18.8. The van der Waals surface area contributed by atoms with Gasteiger partial charge in [0.25, 0.3) is 5.91 Å². The maximum absolute atomic E-state index is 13.6. The van der Waals surface area contributed by atoms with Gasteiger partial charge in [-0.25, -0.2) is 9.67 Å². The van der Waals surface area contributed by atoms with Crippen LogP contribution in [0.2, 0.25) is 0 Å². The first kappa shape index (κ1) is 21.0. The molecule has 6 nitrogen and oxygen atoms in total. The molecule has 0 radical (unpaired) electrons. The average molecular weight is 426 g/mol. The summed E-state index contributed by atoms with van der Waals surface area (Å²) in [5.41, 5.74) is 3.44. The molecule has 160 valence electrons. The van der Waals surface area contributed by atoms with E-state index in [1.54, 1.807) is 17.5 Å². The lowest BCUT2D eigenvalue weighted by Crippen LogP contribution is -2.44. The number of rotatable bonds is 4. The van der Waals surface area contributed by atoms with Gasteiger partial charge in [0.15, 0.2) is 5.65 Å². The second-order valence-electron chi connectivity index (χ2n) is 8.75. The maximum Gasteiger partial charge on any atom is 0.254 e. The Morgan fingerprint density at radius 1 is 1.23 bits per heavy atom. The molecule has 4 heterocycles. The van der Waals surface area contributed by atoms with Crippen molar-refractivity contribution < 1.29 is 4.79 Å². The zero-order valence-corrected chi connectivity index (χ0v) is 19.6. The van der Waals surface area contributed by atoms with Crippen LogP contribution < -0.4 is 0 Å². The van der Waals surface area contributed by atoms with Gasteiger partial charge in [0.1, 0.15) is 0 Å². The standard InChI is InChI=1S/C23H31N5OS/c1-14(2)28-22-20(13-24-28)19(12-21(25-22)18-11-15(3)30-16(18)4)23(29)27(6)17-7-9-26(5)10-8-17/h11-14,17H,7-10H2,1-6H3. The minimum Gasteiger partial charge on any atom is -0.339 e. The van der Waals surface area contributed by atoms with E-state index in [1.165, 1.54) is 9.75 Å². The molecule has 1 aliphatic heterocycles. The highest BCUT2D eigenvalue weighted by Gasteiger charge is 2.27. The number of fused-ring (bicyclic) bond motifs is 1. The molecule has 0 saturated carbocycles. The summed E-state index contributed by atoms with van der Waals surface area (Å²) in [6.07, 6.45) is 3.81. The molecule has 0 aliphatic carbocycles. The molecule has 1 saturated heterocycles. The molecule has 1 fully saturated rings. The number of thiophene rings is 1. The molecule has 7 heteroatoms. The molecule has 0 aromatic carbocycles. The Balaban J connectivity index is 1.81. The monoisotopic (exact) mass is 425 g/mol. The predicted octanol–water partition coefficient (Wildman–Crippen LogP) is 4.52. The van der Waals surface area contributed by atoms with E-state index >= 15 is 0 Å². The van der Waals surface area contributed by atoms with Gasteiger partial charge in [-0.15, -0.1) is 11.3 Å². The number of pyridine rings is 1. The van der Waals surface area contributed by atoms with E-state index in [4.69, 9.17) is 4.98 Å². The van der Waals surface area contributed by atoms with Gasteiger partial charge in [0, 0.05) is 34.4 Å². The Labute approximate surface area is 182 Å². The highest BCUT2D eigenvalue weighted by atomic mass is 32.1. The highest BCUT2D eigenvalue weighted by molar-refractivity contribution is 7.12. The van der Waals surface area contributed by atoms with Crippen LogP contribution >= 0.6 is 11.3 Å². The number of likely N-dealkylation sites (tertiary alicyclic amines) is 1. The fourth-order valence-corrected chi connectivity index (χ4v) is 5.27. The van der Waals surface area contributed by atoms with Gasteiger partial charge < -0.3 is 9.80 Å². The molecule has 0 bridgehead atoms. The van der Waals surface area contributed by atoms with Crippen molar-refractivity contribution in [1.82, 2.24) is 24.6 Å². The second-order valence-corrected chi connectivity index (χ2v) is 10.2. The van der Waals surface area contributed by atoms with E-state index in [0.717, 1.165) is 48.2 Å². The van der Waals surface area contributed by atoms with E-state index in [-0.39, 0.29) is 18.0 Å². The summed E-state index contributed by atoms with van der Waals surface area (Å²) in [5.74, 6) is 0.0612. The summed E-state index contributed by atoms with van der Waals surface area (Å²) < 4.78 is 1.92. The van der Waals surface area contributed by atoms with Crippen LogP contribution in [-0.2, 0) is 0 Å². The summed E-state index contributed by atoms with van der Waals surface area (Å²) in [7, 11) is 4.08. The number of amides is 1. The third-order valence-electron chi connectivity index (χ3n) is 6.16. The van der Waals surface area contributed by atoms with Crippen LogP contribution in [0.1, 0.15) is 52.8 Å². The Hall–Kier alpha value is -2.25. The van der Waals surface area contributed by atoms with Crippen LogP contribution in [0.4, 0.5) is 0 Å². The molecular formula is C23H31N5OS. The highest BCUT2D eigenvalue weighted by Crippen LogP contribution is 2.33. The summed E-state index contributed by atoms with van der Waals surface area (Å²) in [6.45, 7) is 10.5. The van der Waals surface area contributed by atoms with Crippen molar-refractivity contribution in [2.24, 2.45) is 0 Å². The molecule has 1 amide bonds. The van der Waals surface area contributed by atoms with Crippen molar-refractivity contribution in [3.05, 3.63) is 33.6 Å². The van der Waals surface area contributed by atoms with Gasteiger partial charge in [0.2, 0.25) is 0 Å². The second kappa shape index (κ2) is 8.12. The predicted molar refractivity (Wildman–Crippen MR) is 123 cm³/mol. The largest absolute Gasteiger partial charge is 0.339 e. The molecule has 4 rings (SSSR count). The number of piperidine rings is 1. The molecule has 3 aromatic heterocycles. The fraction of sp³-hybridized carbons (Fsp3) is 0.522. The van der Waals surface area contributed by atoms with Gasteiger partial charge in [-0.3, -0.25) is 4.79 Å². The van der Waals surface area contributed by atoms with Crippen molar-refractivity contribution in [1.29, 1.82) is 0 Å². The van der Waals surface area contributed by atoms with E-state index in [9.17, 15) is 4.79 Å². The first-order chi connectivity index (χ1) is 14.3. The van der Waals surface area contributed by atoms with E-state index in [2.05, 4.69) is 50.8 Å². The van der Waals surface area contributed by atoms with Crippen LogP contribution in [0.5, 0.6) is 0 Å². The van der Waals surface area contributed by atoms with Gasteiger partial charge in [-0.2, -0.15) is 5.10 Å². The SMILES string of the molecule is Cc1cc(-c2cc(C(=O)N(C)C3CCN(C)CC3)c3cnn(C(C)C)c3n2)c(C)s1. The Kier molecular flexibility index (Phi) is 5.68. The third-order valence-corrected chi connectivity index (χ3v) is 7.13. The summed E-state index contributed by atoms with van der Waals surface area (Å²) in [6, 6.07) is 4.58. The number of carbonyl (C=O) groups is 1. The fourth-order valence-electron chi connectivity index (χ4n) is 4.33. The maximum atomic E-state index is 13.6. The van der Waals surface area contributed by atoms with Gasteiger partial charge in [-0.1, -0.05) is 0 Å². The third kappa shape index (κ3) is 3.76. The quantitative estimate of drug-likeness (QED) is 0.617. The van der Waals surface area contributed by atoms with Gasteiger partial charge >= 0.3 is 0 Å². The number of carbonyl (C=O) groups excluding carboxylic acids is 1. The first-order valence-corrected chi connectivity index (χ1v) is 11.5. The normalized spacial score (nSPS) is 16.0. The van der Waals surface area contributed by atoms with Crippen LogP contribution in [0.25, 0.3) is 22.3 Å².